The molecule has 0 unspecified atom stereocenters. The highest BCUT2D eigenvalue weighted by atomic mass is 32.1. The first-order valence-corrected chi connectivity index (χ1v) is 9.96. The fourth-order valence-corrected chi connectivity index (χ4v) is 3.58. The van der Waals surface area contributed by atoms with E-state index in [1.807, 2.05) is 12.1 Å². The number of hydrogen-bond acceptors (Lipinski definition) is 10. The van der Waals surface area contributed by atoms with Gasteiger partial charge in [0.05, 0.1) is 22.7 Å². The monoisotopic (exact) mass is 453 g/mol. The van der Waals surface area contributed by atoms with Crippen molar-refractivity contribution < 1.29 is 18.9 Å². The summed E-state index contributed by atoms with van der Waals surface area (Å²) in [6.07, 6.45) is 0.353. The fourth-order valence-electron chi connectivity index (χ4n) is 2.49. The van der Waals surface area contributed by atoms with Gasteiger partial charge in [-0.1, -0.05) is 0 Å². The summed E-state index contributed by atoms with van der Waals surface area (Å²) < 4.78 is 21.8. The standard InChI is InChI=1S/C10H6N2O2S.C7H7NO2S.C3H2N2/c11-2-1-10-12-6-3-7-8(14-5-13-7)4-9(6)15-10;8-4-1-5-6(2-7(4)11)10-3-9-5;1-5-3-2-4/h3-4H,1,5H2;1-2,11H,3,8H2;3H2. The highest BCUT2D eigenvalue weighted by Crippen LogP contribution is 2.38. The van der Waals surface area contributed by atoms with Crippen LogP contribution in [0.15, 0.2) is 29.2 Å². The molecule has 0 atom stereocenters. The third-order valence-electron chi connectivity index (χ3n) is 3.83. The van der Waals surface area contributed by atoms with E-state index < -0.39 is 0 Å². The molecule has 0 fully saturated rings. The van der Waals surface area contributed by atoms with Crippen molar-refractivity contribution in [3.63, 3.8) is 0 Å². The van der Waals surface area contributed by atoms with Gasteiger partial charge in [-0.05, 0) is 6.07 Å². The van der Waals surface area contributed by atoms with Gasteiger partial charge < -0.3 is 29.5 Å². The lowest BCUT2D eigenvalue weighted by Gasteiger charge is -2.00. The summed E-state index contributed by atoms with van der Waals surface area (Å²) in [5.41, 5.74) is 7.06. The minimum atomic E-state index is -0.0139. The van der Waals surface area contributed by atoms with Gasteiger partial charge in [-0.15, -0.1) is 24.0 Å². The Balaban J connectivity index is 0.000000150. The van der Waals surface area contributed by atoms with E-state index in [0.717, 1.165) is 26.7 Å². The van der Waals surface area contributed by atoms with Gasteiger partial charge in [-0.25, -0.2) is 11.6 Å². The van der Waals surface area contributed by atoms with E-state index in [1.54, 1.807) is 18.2 Å². The fraction of sp³-hybridized carbons (Fsp3) is 0.200. The molecular weight excluding hydrogens is 438 g/mol. The number of fused-ring (bicyclic) bond motifs is 3. The smallest absolute Gasteiger partial charge is 0.298 e. The molecule has 0 bridgehead atoms. The lowest BCUT2D eigenvalue weighted by molar-refractivity contribution is 0.173. The van der Waals surface area contributed by atoms with Crippen molar-refractivity contribution in [1.29, 1.82) is 10.5 Å². The molecule has 0 amide bonds. The van der Waals surface area contributed by atoms with Crippen LogP contribution >= 0.6 is 24.0 Å². The molecule has 3 heterocycles. The van der Waals surface area contributed by atoms with Crippen molar-refractivity contribution in [3.8, 4) is 35.1 Å². The number of aromatic nitrogens is 1. The Morgan fingerprint density at radius 2 is 1.65 bits per heavy atom. The quantitative estimate of drug-likeness (QED) is 0.246. The van der Waals surface area contributed by atoms with Crippen LogP contribution < -0.4 is 24.7 Å². The molecule has 31 heavy (non-hydrogen) atoms. The molecule has 9 nitrogen and oxygen atoms in total. The third-order valence-corrected chi connectivity index (χ3v) is 5.23. The van der Waals surface area contributed by atoms with E-state index in [1.165, 1.54) is 11.3 Å². The van der Waals surface area contributed by atoms with Crippen molar-refractivity contribution in [2.75, 3.05) is 25.9 Å². The molecule has 0 aliphatic carbocycles. The molecule has 2 aromatic carbocycles. The lowest BCUT2D eigenvalue weighted by atomic mass is 10.3. The third kappa shape index (κ3) is 5.40. The van der Waals surface area contributed by atoms with E-state index in [-0.39, 0.29) is 20.1 Å². The zero-order chi connectivity index (χ0) is 22.2. The summed E-state index contributed by atoms with van der Waals surface area (Å²) in [5.74, 6) is 2.90. The maximum Gasteiger partial charge on any atom is 0.298 e. The number of nitrogen functional groups attached to an aromatic ring is 1. The second-order valence-corrected chi connectivity index (χ2v) is 7.45. The largest absolute Gasteiger partial charge is 0.454 e. The number of rotatable bonds is 1. The van der Waals surface area contributed by atoms with E-state index in [0.29, 0.717) is 28.5 Å². The number of ether oxygens (including phenoxy) is 4. The molecular formula is C20H15N5O4S2. The molecule has 2 aliphatic rings. The highest BCUT2D eigenvalue weighted by Gasteiger charge is 2.16. The predicted octanol–water partition coefficient (Wildman–Crippen LogP) is 3.81. The molecule has 156 valence electrons. The van der Waals surface area contributed by atoms with E-state index >= 15 is 0 Å². The number of thiol groups is 1. The Morgan fingerprint density at radius 3 is 2.23 bits per heavy atom. The summed E-state index contributed by atoms with van der Waals surface area (Å²) in [6.45, 7) is 6.54. The minimum absolute atomic E-state index is 0.0139. The SMILES string of the molecule is N#CCc1nc2cc3c(cc2s1)OCO3.Nc1cc2c(cc1S)OCO2.[C-]#[N+]CC#N. The number of nitrogens with zero attached hydrogens (tertiary/aromatic N) is 4. The molecule has 0 saturated carbocycles. The molecule has 2 N–H and O–H groups in total. The van der Waals surface area contributed by atoms with Gasteiger partial charge >= 0.3 is 0 Å². The average Bonchev–Trinajstić information content (AvgIpc) is 3.47. The van der Waals surface area contributed by atoms with Gasteiger partial charge in [0.25, 0.3) is 6.54 Å². The average molecular weight is 454 g/mol. The first kappa shape index (κ1) is 21.8. The van der Waals surface area contributed by atoms with Crippen molar-refractivity contribution in [2.24, 2.45) is 0 Å². The van der Waals surface area contributed by atoms with Crippen LogP contribution in [0.1, 0.15) is 5.01 Å². The summed E-state index contributed by atoms with van der Waals surface area (Å²) in [5, 5.41) is 17.0. The molecule has 3 aromatic rings. The minimum Gasteiger partial charge on any atom is -0.454 e. The van der Waals surface area contributed by atoms with Gasteiger partial charge in [0.1, 0.15) is 11.1 Å². The Kier molecular flexibility index (Phi) is 7.23. The Labute approximate surface area is 187 Å². The number of nitriles is 2. The number of thiazole rings is 1. The normalized spacial score (nSPS) is 11.8. The first-order chi connectivity index (χ1) is 15.0. The highest BCUT2D eigenvalue weighted by molar-refractivity contribution is 7.80. The Morgan fingerprint density at radius 1 is 1.03 bits per heavy atom. The van der Waals surface area contributed by atoms with Gasteiger partial charge in [-0.3, -0.25) is 0 Å². The number of hydrogen-bond donors (Lipinski definition) is 2. The molecule has 2 aliphatic heterocycles. The van der Waals surface area contributed by atoms with Gasteiger partial charge in [-0.2, -0.15) is 10.5 Å². The molecule has 1 aromatic heterocycles. The van der Waals surface area contributed by atoms with Crippen LogP contribution in [0.3, 0.4) is 0 Å². The number of benzene rings is 2. The lowest BCUT2D eigenvalue weighted by Crippen LogP contribution is -1.92. The maximum absolute atomic E-state index is 8.58. The number of nitrogens with two attached hydrogens (primary N) is 1. The zero-order valence-electron chi connectivity index (χ0n) is 16.0. The maximum atomic E-state index is 8.58. The number of anilines is 1. The van der Waals surface area contributed by atoms with Gasteiger partial charge in [0.2, 0.25) is 13.6 Å². The van der Waals surface area contributed by atoms with Crippen molar-refractivity contribution in [3.05, 3.63) is 40.7 Å². The molecule has 11 heteroatoms. The summed E-state index contributed by atoms with van der Waals surface area (Å²) in [4.78, 5) is 7.80. The van der Waals surface area contributed by atoms with Crippen LogP contribution in [0.2, 0.25) is 0 Å². The van der Waals surface area contributed by atoms with E-state index in [9.17, 15) is 0 Å². The summed E-state index contributed by atoms with van der Waals surface area (Å²) in [7, 11) is 0. The summed E-state index contributed by atoms with van der Waals surface area (Å²) >= 11 is 5.65. The van der Waals surface area contributed by atoms with Gasteiger partial charge in [0, 0.05) is 28.8 Å². The zero-order valence-corrected chi connectivity index (χ0v) is 17.7. The second kappa shape index (κ2) is 10.3. The van der Waals surface area contributed by atoms with Crippen LogP contribution in [0.4, 0.5) is 5.69 Å². The predicted molar refractivity (Wildman–Crippen MR) is 116 cm³/mol. The van der Waals surface area contributed by atoms with Crippen LogP contribution in [0, 0.1) is 29.2 Å². The van der Waals surface area contributed by atoms with Crippen molar-refractivity contribution in [2.45, 2.75) is 11.3 Å². The first-order valence-electron chi connectivity index (χ1n) is 8.70. The summed E-state index contributed by atoms with van der Waals surface area (Å²) in [6, 6.07) is 11.0. The topological polar surface area (TPSA) is 128 Å². The molecule has 0 radical (unpaired) electrons. The van der Waals surface area contributed by atoms with Crippen molar-refractivity contribution in [1.82, 2.24) is 4.98 Å². The van der Waals surface area contributed by atoms with Crippen LogP contribution in [0.5, 0.6) is 23.0 Å². The Hall–Kier alpha value is -3.85. The van der Waals surface area contributed by atoms with E-state index in [4.69, 9.17) is 41.8 Å². The molecule has 0 spiro atoms. The Bertz CT molecular complexity index is 1140. The molecule has 0 saturated heterocycles. The molecule has 5 rings (SSSR count). The van der Waals surface area contributed by atoms with Crippen LogP contribution in [-0.4, -0.2) is 25.1 Å². The van der Waals surface area contributed by atoms with Crippen LogP contribution in [-0.2, 0) is 6.42 Å². The second-order valence-electron chi connectivity index (χ2n) is 5.85. The van der Waals surface area contributed by atoms with Gasteiger partial charge in [0.15, 0.2) is 23.0 Å². The van der Waals surface area contributed by atoms with Crippen LogP contribution in [0.25, 0.3) is 15.1 Å². The van der Waals surface area contributed by atoms with Crippen molar-refractivity contribution >= 4 is 39.9 Å². The van der Waals surface area contributed by atoms with E-state index in [2.05, 4.69) is 28.5 Å².